The highest BCUT2D eigenvalue weighted by atomic mass is 32.1. The van der Waals surface area contributed by atoms with Crippen LogP contribution in [0, 0.1) is 0 Å². The van der Waals surface area contributed by atoms with Crippen LogP contribution < -0.4 is 11.1 Å². The predicted molar refractivity (Wildman–Crippen MR) is 72.4 cm³/mol. The maximum atomic E-state index is 5.75. The van der Waals surface area contributed by atoms with Crippen molar-refractivity contribution in [1.29, 1.82) is 0 Å². The van der Waals surface area contributed by atoms with Crippen LogP contribution in [0.2, 0.25) is 0 Å². The molecule has 0 aliphatic rings. The van der Waals surface area contributed by atoms with E-state index >= 15 is 0 Å². The molecule has 0 saturated carbocycles. The molecule has 0 aromatic carbocycles. The Morgan fingerprint density at radius 1 is 1.61 bits per heavy atom. The highest BCUT2D eigenvalue weighted by Gasteiger charge is 1.98. The fraction of sp³-hybridized carbons (Fsp3) is 0.364. The lowest BCUT2D eigenvalue weighted by molar-refractivity contribution is 0.741. The first-order valence-corrected chi connectivity index (χ1v) is 6.52. The number of hydrogen-bond acceptors (Lipinski definition) is 4. The number of aliphatic imine (C=N–C) groups is 1. The molecule has 3 N–H and O–H groups in total. The van der Waals surface area contributed by atoms with Crippen molar-refractivity contribution >= 4 is 17.3 Å². The molecule has 0 saturated heterocycles. The van der Waals surface area contributed by atoms with E-state index in [4.69, 9.17) is 5.73 Å². The molecule has 0 atom stereocenters. The second-order valence-corrected chi connectivity index (χ2v) is 4.82. The van der Waals surface area contributed by atoms with Gasteiger partial charge in [0.05, 0.1) is 0 Å². The fourth-order valence-corrected chi connectivity index (χ4v) is 2.15. The van der Waals surface area contributed by atoms with Crippen molar-refractivity contribution in [3.8, 4) is 0 Å². The first kappa shape index (κ1) is 12.6. The van der Waals surface area contributed by atoms with E-state index in [1.165, 1.54) is 4.88 Å². The van der Waals surface area contributed by atoms with E-state index in [0.717, 1.165) is 13.0 Å². The zero-order valence-electron chi connectivity index (χ0n) is 10.2. The topological polar surface area (TPSA) is 81.1 Å². The smallest absolute Gasteiger partial charge is 0.189 e. The number of aryl methyl sites for hydroxylation is 1. The Hall–Kier alpha value is -1.89. The maximum Gasteiger partial charge on any atom is 0.189 e. The van der Waals surface area contributed by atoms with Crippen LogP contribution in [0.3, 0.4) is 0 Å². The summed E-state index contributed by atoms with van der Waals surface area (Å²) in [7, 11) is 1.82. The lowest BCUT2D eigenvalue weighted by Crippen LogP contribution is -2.33. The summed E-state index contributed by atoms with van der Waals surface area (Å²) >= 11 is 1.74. The van der Waals surface area contributed by atoms with E-state index < -0.39 is 0 Å². The molecule has 2 heterocycles. The minimum absolute atomic E-state index is 0.401. The van der Waals surface area contributed by atoms with Crippen LogP contribution in [0.25, 0.3) is 0 Å². The van der Waals surface area contributed by atoms with E-state index in [-0.39, 0.29) is 0 Å². The summed E-state index contributed by atoms with van der Waals surface area (Å²) in [4.78, 5) is 9.58. The summed E-state index contributed by atoms with van der Waals surface area (Å²) < 4.78 is 1.64. The zero-order valence-corrected chi connectivity index (χ0v) is 11.0. The summed E-state index contributed by atoms with van der Waals surface area (Å²) in [6.45, 7) is 1.18. The summed E-state index contributed by atoms with van der Waals surface area (Å²) in [5.74, 6) is 1.10. The summed E-state index contributed by atoms with van der Waals surface area (Å²) in [5.41, 5.74) is 5.75. The molecule has 2 aromatic heterocycles. The number of nitrogens with zero attached hydrogens (tertiary/aromatic N) is 4. The molecule has 0 amide bonds. The second-order valence-electron chi connectivity index (χ2n) is 3.79. The van der Waals surface area contributed by atoms with Gasteiger partial charge in [-0.1, -0.05) is 6.07 Å². The Labute approximate surface area is 110 Å². The van der Waals surface area contributed by atoms with Gasteiger partial charge in [-0.15, -0.1) is 11.3 Å². The van der Waals surface area contributed by atoms with Gasteiger partial charge in [0.1, 0.15) is 12.9 Å². The molecule has 0 fully saturated rings. The van der Waals surface area contributed by atoms with Gasteiger partial charge >= 0.3 is 0 Å². The van der Waals surface area contributed by atoms with Crippen molar-refractivity contribution in [3.05, 3.63) is 34.5 Å². The average molecular weight is 264 g/mol. The zero-order chi connectivity index (χ0) is 12.8. The Kier molecular flexibility index (Phi) is 4.30. The number of rotatable bonds is 5. The first-order chi connectivity index (χ1) is 8.74. The quantitative estimate of drug-likeness (QED) is 0.609. The molecule has 2 rings (SSSR count). The van der Waals surface area contributed by atoms with Gasteiger partial charge in [0.2, 0.25) is 0 Å². The van der Waals surface area contributed by atoms with Gasteiger partial charge in [0.25, 0.3) is 0 Å². The SMILES string of the molecule is Cn1cnc(CN=C(N)NCCc2cccs2)n1. The van der Waals surface area contributed by atoms with E-state index in [1.807, 2.05) is 13.1 Å². The lowest BCUT2D eigenvalue weighted by Gasteiger charge is -2.03. The lowest BCUT2D eigenvalue weighted by atomic mass is 10.3. The van der Waals surface area contributed by atoms with Gasteiger partial charge in [-0.05, 0) is 17.9 Å². The third-order valence-electron chi connectivity index (χ3n) is 2.30. The number of nitrogens with one attached hydrogen (secondary N) is 1. The molecular weight excluding hydrogens is 248 g/mol. The number of thiophene rings is 1. The summed E-state index contributed by atoms with van der Waals surface area (Å²) in [6, 6.07) is 4.15. The van der Waals surface area contributed by atoms with Gasteiger partial charge in [0, 0.05) is 18.5 Å². The Balaban J connectivity index is 1.72. The van der Waals surface area contributed by atoms with E-state index in [9.17, 15) is 0 Å². The molecule has 6 nitrogen and oxygen atoms in total. The standard InChI is InChI=1S/C11H16N6S/c1-17-8-15-10(16-17)7-14-11(12)13-5-4-9-3-2-6-18-9/h2-3,6,8H,4-5,7H2,1H3,(H3,12,13,14). The maximum absolute atomic E-state index is 5.75. The molecule has 7 heteroatoms. The molecular formula is C11H16N6S. The summed E-state index contributed by atoms with van der Waals surface area (Å²) in [5, 5.41) is 9.26. The predicted octanol–water partition coefficient (Wildman–Crippen LogP) is 0.524. The monoisotopic (exact) mass is 264 g/mol. The van der Waals surface area contributed by atoms with Gasteiger partial charge in [-0.3, -0.25) is 4.68 Å². The van der Waals surface area contributed by atoms with Crippen molar-refractivity contribution in [2.24, 2.45) is 17.8 Å². The molecule has 0 aliphatic heterocycles. The molecule has 0 bridgehead atoms. The molecule has 2 aromatic rings. The average Bonchev–Trinajstić information content (AvgIpc) is 2.98. The van der Waals surface area contributed by atoms with Crippen molar-refractivity contribution in [1.82, 2.24) is 20.1 Å². The van der Waals surface area contributed by atoms with Gasteiger partial charge in [-0.2, -0.15) is 5.10 Å². The molecule has 0 radical (unpaired) electrons. The molecule has 18 heavy (non-hydrogen) atoms. The molecule has 0 spiro atoms. The molecule has 0 unspecified atom stereocenters. The minimum Gasteiger partial charge on any atom is -0.370 e. The molecule has 96 valence electrons. The van der Waals surface area contributed by atoms with Crippen molar-refractivity contribution < 1.29 is 0 Å². The van der Waals surface area contributed by atoms with Crippen LogP contribution in [-0.4, -0.2) is 27.3 Å². The van der Waals surface area contributed by atoms with Crippen molar-refractivity contribution in [3.63, 3.8) is 0 Å². The van der Waals surface area contributed by atoms with Gasteiger partial charge in [0.15, 0.2) is 11.8 Å². The highest BCUT2D eigenvalue weighted by molar-refractivity contribution is 7.09. The second kappa shape index (κ2) is 6.15. The van der Waals surface area contributed by atoms with Gasteiger partial charge in [-0.25, -0.2) is 9.98 Å². The van der Waals surface area contributed by atoms with Gasteiger partial charge < -0.3 is 11.1 Å². The Bertz CT molecular complexity index is 501. The van der Waals surface area contributed by atoms with Crippen LogP contribution in [-0.2, 0) is 20.0 Å². The number of guanidine groups is 1. The highest BCUT2D eigenvalue weighted by Crippen LogP contribution is 2.07. The third kappa shape index (κ3) is 3.85. The van der Waals surface area contributed by atoms with E-state index in [2.05, 4.69) is 31.8 Å². The Morgan fingerprint density at radius 3 is 3.17 bits per heavy atom. The van der Waals surface area contributed by atoms with Crippen LogP contribution >= 0.6 is 11.3 Å². The van der Waals surface area contributed by atoms with Crippen molar-refractivity contribution in [2.45, 2.75) is 13.0 Å². The molecule has 0 aliphatic carbocycles. The third-order valence-corrected chi connectivity index (χ3v) is 3.23. The van der Waals surface area contributed by atoms with E-state index in [1.54, 1.807) is 22.3 Å². The fourth-order valence-electron chi connectivity index (χ4n) is 1.44. The Morgan fingerprint density at radius 2 is 2.50 bits per heavy atom. The largest absolute Gasteiger partial charge is 0.370 e. The van der Waals surface area contributed by atoms with Crippen molar-refractivity contribution in [2.75, 3.05) is 6.54 Å². The van der Waals surface area contributed by atoms with Crippen LogP contribution in [0.4, 0.5) is 0 Å². The number of hydrogen-bond donors (Lipinski definition) is 2. The number of nitrogens with two attached hydrogens (primary N) is 1. The van der Waals surface area contributed by atoms with E-state index in [0.29, 0.717) is 18.3 Å². The van der Waals surface area contributed by atoms with Crippen LogP contribution in [0.5, 0.6) is 0 Å². The van der Waals surface area contributed by atoms with Crippen LogP contribution in [0.15, 0.2) is 28.8 Å². The van der Waals surface area contributed by atoms with Crippen LogP contribution in [0.1, 0.15) is 10.7 Å². The normalized spacial score (nSPS) is 11.7. The summed E-state index contributed by atoms with van der Waals surface area (Å²) in [6.07, 6.45) is 2.60. The number of aromatic nitrogens is 3. The first-order valence-electron chi connectivity index (χ1n) is 5.65. The minimum atomic E-state index is 0.401.